The number of nitrogens with zero attached hydrogens (tertiary/aromatic N) is 3. The Morgan fingerprint density at radius 3 is 2.48 bits per heavy atom. The van der Waals surface area contributed by atoms with Crippen LogP contribution in [0.3, 0.4) is 0 Å². The summed E-state index contributed by atoms with van der Waals surface area (Å²) < 4.78 is 27.0. The first kappa shape index (κ1) is 20.0. The number of carbonyl (C=O) groups is 1. The number of benzene rings is 1. The van der Waals surface area contributed by atoms with Crippen molar-refractivity contribution < 1.29 is 18.1 Å². The summed E-state index contributed by atoms with van der Waals surface area (Å²) in [5.41, 5.74) is 1.01. The predicted molar refractivity (Wildman–Crippen MR) is 109 cm³/mol. The number of fused-ring (bicyclic) bond motifs is 1. The van der Waals surface area contributed by atoms with Crippen LogP contribution in [0.1, 0.15) is 33.0 Å². The quantitative estimate of drug-likeness (QED) is 0.543. The number of nitro groups is 1. The molecule has 2 aliphatic rings. The number of non-ortho nitro benzene ring substituents is 1. The van der Waals surface area contributed by atoms with Crippen LogP contribution < -0.4 is 0 Å². The molecule has 0 unspecified atom stereocenters. The second-order valence-corrected chi connectivity index (χ2v) is 10.3. The minimum Gasteiger partial charge on any atom is -0.335 e. The van der Waals surface area contributed by atoms with Crippen molar-refractivity contribution in [2.75, 3.05) is 26.2 Å². The van der Waals surface area contributed by atoms with Crippen LogP contribution in [0.25, 0.3) is 0 Å². The van der Waals surface area contributed by atoms with E-state index in [0.717, 1.165) is 36.6 Å². The van der Waals surface area contributed by atoms with Crippen molar-refractivity contribution in [3.8, 4) is 0 Å². The van der Waals surface area contributed by atoms with Crippen molar-refractivity contribution in [2.45, 2.75) is 30.6 Å². The number of thiophene rings is 1. The summed E-state index contributed by atoms with van der Waals surface area (Å²) in [6, 6.07) is 7.05. The Hall–Kier alpha value is -2.30. The molecule has 0 saturated carbocycles. The first-order valence-electron chi connectivity index (χ1n) is 9.52. The Bertz CT molecular complexity index is 1030. The van der Waals surface area contributed by atoms with E-state index >= 15 is 0 Å². The van der Waals surface area contributed by atoms with Gasteiger partial charge in [0.15, 0.2) is 0 Å². The molecule has 1 fully saturated rings. The van der Waals surface area contributed by atoms with E-state index in [0.29, 0.717) is 13.1 Å². The van der Waals surface area contributed by atoms with Crippen LogP contribution in [0.5, 0.6) is 0 Å². The molecule has 0 spiro atoms. The third kappa shape index (κ3) is 3.92. The van der Waals surface area contributed by atoms with Gasteiger partial charge >= 0.3 is 0 Å². The summed E-state index contributed by atoms with van der Waals surface area (Å²) in [5, 5.41) is 10.9. The third-order valence-electron chi connectivity index (χ3n) is 5.40. The summed E-state index contributed by atoms with van der Waals surface area (Å²) in [6.07, 6.45) is 4.37. The zero-order chi connectivity index (χ0) is 20.6. The molecule has 2 aromatic rings. The van der Waals surface area contributed by atoms with E-state index in [1.165, 1.54) is 32.9 Å². The Labute approximate surface area is 172 Å². The summed E-state index contributed by atoms with van der Waals surface area (Å²) in [7, 11) is -3.84. The molecule has 10 heteroatoms. The van der Waals surface area contributed by atoms with Crippen molar-refractivity contribution in [1.82, 2.24) is 9.21 Å². The van der Waals surface area contributed by atoms with E-state index in [1.807, 2.05) is 6.07 Å². The van der Waals surface area contributed by atoms with Crippen molar-refractivity contribution in [2.24, 2.45) is 0 Å². The number of amides is 1. The van der Waals surface area contributed by atoms with E-state index in [9.17, 15) is 23.3 Å². The van der Waals surface area contributed by atoms with E-state index in [1.54, 1.807) is 16.2 Å². The lowest BCUT2D eigenvalue weighted by molar-refractivity contribution is -0.385. The Morgan fingerprint density at radius 2 is 1.79 bits per heavy atom. The van der Waals surface area contributed by atoms with E-state index < -0.39 is 14.9 Å². The zero-order valence-corrected chi connectivity index (χ0v) is 17.4. The standard InChI is InChI=1S/C19H21N3O5S2/c23-19(18-12-14-4-1-2-7-17(14)28-18)20-8-10-21(11-9-20)29(26,27)16-6-3-5-15(13-16)22(24)25/h3,5-6,12-13H,1-2,4,7-11H2. The van der Waals surface area contributed by atoms with Gasteiger partial charge < -0.3 is 4.90 Å². The summed E-state index contributed by atoms with van der Waals surface area (Å²) in [5.74, 6) is -0.0446. The number of carbonyl (C=O) groups excluding carboxylic acids is 1. The van der Waals surface area contributed by atoms with Gasteiger partial charge in [-0.25, -0.2) is 8.42 Å². The molecular formula is C19H21N3O5S2. The lowest BCUT2D eigenvalue weighted by Crippen LogP contribution is -2.50. The molecular weight excluding hydrogens is 414 g/mol. The maximum absolute atomic E-state index is 12.9. The maximum atomic E-state index is 12.9. The smallest absolute Gasteiger partial charge is 0.270 e. The number of sulfonamides is 1. The molecule has 1 aliphatic heterocycles. The normalized spacial score (nSPS) is 17.7. The number of aryl methyl sites for hydroxylation is 2. The van der Waals surface area contributed by atoms with E-state index in [-0.39, 0.29) is 29.6 Å². The SMILES string of the molecule is O=C(c1cc2c(s1)CCCC2)N1CCN(S(=O)(=O)c2cccc([N+](=O)[O-])c2)CC1. The van der Waals surface area contributed by atoms with Crippen LogP contribution in [0.15, 0.2) is 35.2 Å². The van der Waals surface area contributed by atoms with Crippen LogP contribution in [0.2, 0.25) is 0 Å². The van der Waals surface area contributed by atoms with Gasteiger partial charge in [-0.1, -0.05) is 6.07 Å². The van der Waals surface area contributed by atoms with Gasteiger partial charge in [-0.05, 0) is 43.4 Å². The molecule has 1 saturated heterocycles. The molecule has 0 radical (unpaired) electrons. The molecule has 4 rings (SSSR count). The molecule has 2 heterocycles. The fourth-order valence-electron chi connectivity index (χ4n) is 3.79. The highest BCUT2D eigenvalue weighted by molar-refractivity contribution is 7.89. The van der Waals surface area contributed by atoms with Crippen molar-refractivity contribution >= 4 is 33.0 Å². The van der Waals surface area contributed by atoms with E-state index in [2.05, 4.69) is 0 Å². The molecule has 1 amide bonds. The lowest BCUT2D eigenvalue weighted by Gasteiger charge is -2.33. The third-order valence-corrected chi connectivity index (χ3v) is 8.52. The summed E-state index contributed by atoms with van der Waals surface area (Å²) in [4.78, 5) is 26.8. The van der Waals surface area contributed by atoms with Crippen LogP contribution in [-0.2, 0) is 22.9 Å². The highest BCUT2D eigenvalue weighted by Gasteiger charge is 2.32. The first-order valence-corrected chi connectivity index (χ1v) is 11.8. The number of nitro benzene ring substituents is 1. The van der Waals surface area contributed by atoms with Gasteiger partial charge in [-0.3, -0.25) is 14.9 Å². The topological polar surface area (TPSA) is 101 Å². The van der Waals surface area contributed by atoms with Gasteiger partial charge in [0.2, 0.25) is 10.0 Å². The average Bonchev–Trinajstić information content (AvgIpc) is 3.17. The minimum absolute atomic E-state index is 0.0446. The first-order chi connectivity index (χ1) is 13.9. The lowest BCUT2D eigenvalue weighted by atomic mass is 9.99. The fraction of sp³-hybridized carbons (Fsp3) is 0.421. The fourth-order valence-corrected chi connectivity index (χ4v) is 6.47. The zero-order valence-electron chi connectivity index (χ0n) is 15.7. The molecule has 1 aromatic carbocycles. The van der Waals surface area contributed by atoms with Gasteiger partial charge in [0.05, 0.1) is 14.7 Å². The van der Waals surface area contributed by atoms with Crippen molar-refractivity contribution in [3.63, 3.8) is 0 Å². The Morgan fingerprint density at radius 1 is 1.07 bits per heavy atom. The number of rotatable bonds is 4. The molecule has 0 bridgehead atoms. The van der Waals surface area contributed by atoms with Crippen LogP contribution in [0, 0.1) is 10.1 Å². The molecule has 1 aliphatic carbocycles. The van der Waals surface area contributed by atoms with Gasteiger partial charge in [0.1, 0.15) is 0 Å². The second-order valence-electron chi connectivity index (χ2n) is 7.22. The molecule has 0 N–H and O–H groups in total. The van der Waals surface area contributed by atoms with Gasteiger partial charge in [0, 0.05) is 43.2 Å². The highest BCUT2D eigenvalue weighted by atomic mass is 32.2. The average molecular weight is 436 g/mol. The number of hydrogen-bond donors (Lipinski definition) is 0. The monoisotopic (exact) mass is 435 g/mol. The molecule has 1 aromatic heterocycles. The Balaban J connectivity index is 1.45. The van der Waals surface area contributed by atoms with Gasteiger partial charge in [-0.2, -0.15) is 4.31 Å². The van der Waals surface area contributed by atoms with Crippen molar-refractivity contribution in [3.05, 3.63) is 55.8 Å². The summed E-state index contributed by atoms with van der Waals surface area (Å²) >= 11 is 1.56. The molecule has 29 heavy (non-hydrogen) atoms. The minimum atomic E-state index is -3.84. The Kier molecular flexibility index (Phi) is 5.41. The van der Waals surface area contributed by atoms with Gasteiger partial charge in [-0.15, -0.1) is 11.3 Å². The maximum Gasteiger partial charge on any atom is 0.270 e. The molecule has 8 nitrogen and oxygen atoms in total. The van der Waals surface area contributed by atoms with Crippen LogP contribution in [-0.4, -0.2) is 54.6 Å². The van der Waals surface area contributed by atoms with Crippen LogP contribution >= 0.6 is 11.3 Å². The summed E-state index contributed by atoms with van der Waals surface area (Å²) in [6.45, 7) is 0.939. The largest absolute Gasteiger partial charge is 0.335 e. The molecule has 0 atom stereocenters. The number of piperazine rings is 1. The predicted octanol–water partition coefficient (Wildman–Crippen LogP) is 2.68. The van der Waals surface area contributed by atoms with E-state index in [4.69, 9.17) is 0 Å². The number of hydrogen-bond acceptors (Lipinski definition) is 6. The van der Waals surface area contributed by atoms with Gasteiger partial charge in [0.25, 0.3) is 11.6 Å². The van der Waals surface area contributed by atoms with Crippen LogP contribution in [0.4, 0.5) is 5.69 Å². The molecule has 154 valence electrons. The second kappa shape index (κ2) is 7.85. The highest BCUT2D eigenvalue weighted by Crippen LogP contribution is 2.31. The van der Waals surface area contributed by atoms with Crippen molar-refractivity contribution in [1.29, 1.82) is 0 Å².